The van der Waals surface area contributed by atoms with E-state index in [1.807, 2.05) is 12.3 Å². The van der Waals surface area contributed by atoms with Gasteiger partial charge < -0.3 is 9.47 Å². The Balaban J connectivity index is 1.68. The summed E-state index contributed by atoms with van der Waals surface area (Å²) in [4.78, 5) is 14.6. The SMILES string of the molecule is CCN1CCC(Cn2c(C3CCCN3C)nc3cccnc32)C1. The van der Waals surface area contributed by atoms with Crippen molar-refractivity contribution in [1.29, 1.82) is 0 Å². The van der Waals surface area contributed by atoms with Crippen molar-refractivity contribution in [2.45, 2.75) is 38.8 Å². The third kappa shape index (κ3) is 2.76. The van der Waals surface area contributed by atoms with Crippen LogP contribution in [0.3, 0.4) is 0 Å². The number of aromatic nitrogens is 3. The molecular weight excluding hydrogens is 286 g/mol. The standard InChI is InChI=1S/C18H27N5/c1-3-22-11-8-14(12-22)13-23-17-15(6-4-9-19-17)20-18(23)16-7-5-10-21(16)2/h4,6,9,14,16H,3,5,7-8,10-13H2,1-2H3. The molecule has 0 aromatic carbocycles. The van der Waals surface area contributed by atoms with Crippen LogP contribution in [0.5, 0.6) is 0 Å². The molecule has 0 N–H and O–H groups in total. The number of imidazole rings is 1. The molecule has 2 aliphatic heterocycles. The minimum atomic E-state index is 0.452. The average molecular weight is 313 g/mol. The molecule has 2 saturated heterocycles. The summed E-state index contributed by atoms with van der Waals surface area (Å²) < 4.78 is 2.42. The molecule has 2 aromatic rings. The monoisotopic (exact) mass is 313 g/mol. The Labute approximate surface area is 138 Å². The maximum atomic E-state index is 4.97. The van der Waals surface area contributed by atoms with E-state index in [-0.39, 0.29) is 0 Å². The second-order valence-electron chi connectivity index (χ2n) is 7.11. The molecule has 0 aliphatic carbocycles. The summed E-state index contributed by atoms with van der Waals surface area (Å²) in [5.41, 5.74) is 2.12. The average Bonchev–Trinajstić information content (AvgIpc) is 3.27. The van der Waals surface area contributed by atoms with E-state index in [9.17, 15) is 0 Å². The van der Waals surface area contributed by atoms with E-state index in [2.05, 4.69) is 39.4 Å². The molecule has 2 atom stereocenters. The van der Waals surface area contributed by atoms with Gasteiger partial charge >= 0.3 is 0 Å². The van der Waals surface area contributed by atoms with Crippen LogP contribution in [0.25, 0.3) is 11.2 Å². The molecule has 4 heterocycles. The van der Waals surface area contributed by atoms with Crippen molar-refractivity contribution < 1.29 is 0 Å². The summed E-state index contributed by atoms with van der Waals surface area (Å²) in [5, 5.41) is 0. The Morgan fingerprint density at radius 3 is 2.91 bits per heavy atom. The van der Waals surface area contributed by atoms with Gasteiger partial charge in [0.05, 0.1) is 6.04 Å². The summed E-state index contributed by atoms with van der Waals surface area (Å²) in [7, 11) is 2.23. The van der Waals surface area contributed by atoms with Crippen molar-refractivity contribution in [2.75, 3.05) is 33.2 Å². The number of fused-ring (bicyclic) bond motifs is 1. The first-order chi connectivity index (χ1) is 11.3. The van der Waals surface area contributed by atoms with E-state index in [1.165, 1.54) is 44.7 Å². The molecule has 5 nitrogen and oxygen atoms in total. The van der Waals surface area contributed by atoms with Crippen molar-refractivity contribution in [3.8, 4) is 0 Å². The normalized spacial score (nSPS) is 26.5. The maximum Gasteiger partial charge on any atom is 0.160 e. The fourth-order valence-electron chi connectivity index (χ4n) is 4.25. The van der Waals surface area contributed by atoms with Crippen LogP contribution in [0.15, 0.2) is 18.3 Å². The van der Waals surface area contributed by atoms with Gasteiger partial charge in [0.1, 0.15) is 11.3 Å². The van der Waals surface area contributed by atoms with Crippen molar-refractivity contribution >= 4 is 11.2 Å². The predicted octanol–water partition coefficient (Wildman–Crippen LogP) is 2.54. The van der Waals surface area contributed by atoms with Gasteiger partial charge in [-0.05, 0) is 64.0 Å². The smallest absolute Gasteiger partial charge is 0.160 e. The molecular formula is C18H27N5. The lowest BCUT2D eigenvalue weighted by Crippen LogP contribution is -2.24. The van der Waals surface area contributed by atoms with Crippen LogP contribution < -0.4 is 0 Å². The predicted molar refractivity (Wildman–Crippen MR) is 92.4 cm³/mol. The van der Waals surface area contributed by atoms with Crippen LogP contribution in [0.4, 0.5) is 0 Å². The highest BCUT2D eigenvalue weighted by Gasteiger charge is 2.30. The Morgan fingerprint density at radius 2 is 2.17 bits per heavy atom. The first-order valence-corrected chi connectivity index (χ1v) is 9.00. The van der Waals surface area contributed by atoms with Crippen LogP contribution >= 0.6 is 0 Å². The molecule has 0 radical (unpaired) electrons. The Bertz CT molecular complexity index is 679. The summed E-state index contributed by atoms with van der Waals surface area (Å²) in [6.45, 7) is 8.11. The molecule has 5 heteroatoms. The molecule has 2 fully saturated rings. The van der Waals surface area contributed by atoms with Gasteiger partial charge in [0.25, 0.3) is 0 Å². The van der Waals surface area contributed by atoms with Gasteiger partial charge in [-0.2, -0.15) is 0 Å². The van der Waals surface area contributed by atoms with Gasteiger partial charge in [-0.3, -0.25) is 4.90 Å². The number of likely N-dealkylation sites (tertiary alicyclic amines) is 2. The topological polar surface area (TPSA) is 37.2 Å². The molecule has 4 rings (SSSR count). The molecule has 23 heavy (non-hydrogen) atoms. The summed E-state index contributed by atoms with van der Waals surface area (Å²) in [5.74, 6) is 1.95. The van der Waals surface area contributed by atoms with Gasteiger partial charge in [0, 0.05) is 19.3 Å². The van der Waals surface area contributed by atoms with E-state index < -0.39 is 0 Å². The van der Waals surface area contributed by atoms with Crippen LogP contribution in [-0.2, 0) is 6.54 Å². The first-order valence-electron chi connectivity index (χ1n) is 9.00. The van der Waals surface area contributed by atoms with Crippen molar-refractivity contribution in [1.82, 2.24) is 24.3 Å². The maximum absolute atomic E-state index is 4.97. The van der Waals surface area contributed by atoms with E-state index in [1.54, 1.807) is 0 Å². The number of hydrogen-bond donors (Lipinski definition) is 0. The number of hydrogen-bond acceptors (Lipinski definition) is 4. The minimum Gasteiger partial charge on any atom is -0.311 e. The molecule has 2 aliphatic rings. The fourth-order valence-corrected chi connectivity index (χ4v) is 4.25. The minimum absolute atomic E-state index is 0.452. The molecule has 2 unspecified atom stereocenters. The molecule has 0 spiro atoms. The van der Waals surface area contributed by atoms with E-state index >= 15 is 0 Å². The second-order valence-corrected chi connectivity index (χ2v) is 7.11. The zero-order valence-electron chi connectivity index (χ0n) is 14.3. The van der Waals surface area contributed by atoms with Crippen molar-refractivity contribution in [3.05, 3.63) is 24.2 Å². The molecule has 0 amide bonds. The van der Waals surface area contributed by atoms with Gasteiger partial charge in [-0.1, -0.05) is 6.92 Å². The highest BCUT2D eigenvalue weighted by atomic mass is 15.2. The highest BCUT2D eigenvalue weighted by Crippen LogP contribution is 2.32. The Kier molecular flexibility index (Phi) is 4.07. The van der Waals surface area contributed by atoms with Crippen LogP contribution in [-0.4, -0.2) is 57.6 Å². The summed E-state index contributed by atoms with van der Waals surface area (Å²) in [6, 6.07) is 4.55. The first kappa shape index (κ1) is 15.1. The number of nitrogens with zero attached hydrogens (tertiary/aromatic N) is 5. The van der Waals surface area contributed by atoms with Crippen molar-refractivity contribution in [3.63, 3.8) is 0 Å². The zero-order chi connectivity index (χ0) is 15.8. The highest BCUT2D eigenvalue weighted by molar-refractivity contribution is 5.71. The number of rotatable bonds is 4. The van der Waals surface area contributed by atoms with Crippen LogP contribution in [0.1, 0.15) is 38.1 Å². The van der Waals surface area contributed by atoms with Crippen molar-refractivity contribution in [2.24, 2.45) is 5.92 Å². The van der Waals surface area contributed by atoms with E-state index in [0.717, 1.165) is 30.2 Å². The fraction of sp³-hybridized carbons (Fsp3) is 0.667. The lowest BCUT2D eigenvalue weighted by molar-refractivity contribution is 0.290. The molecule has 0 bridgehead atoms. The Hall–Kier alpha value is -1.46. The van der Waals surface area contributed by atoms with Crippen LogP contribution in [0.2, 0.25) is 0 Å². The van der Waals surface area contributed by atoms with E-state index in [4.69, 9.17) is 4.98 Å². The quantitative estimate of drug-likeness (QED) is 0.869. The molecule has 0 saturated carbocycles. The van der Waals surface area contributed by atoms with Gasteiger partial charge in [0.15, 0.2) is 5.65 Å². The van der Waals surface area contributed by atoms with E-state index in [0.29, 0.717) is 6.04 Å². The number of pyridine rings is 1. The molecule has 2 aromatic heterocycles. The Morgan fingerprint density at radius 1 is 1.26 bits per heavy atom. The van der Waals surface area contributed by atoms with Gasteiger partial charge in [0.2, 0.25) is 0 Å². The molecule has 124 valence electrons. The van der Waals surface area contributed by atoms with Gasteiger partial charge in [-0.15, -0.1) is 0 Å². The third-order valence-electron chi connectivity index (χ3n) is 5.61. The second kappa shape index (κ2) is 6.21. The third-order valence-corrected chi connectivity index (χ3v) is 5.61. The lowest BCUT2D eigenvalue weighted by atomic mass is 10.1. The van der Waals surface area contributed by atoms with Gasteiger partial charge in [-0.25, -0.2) is 9.97 Å². The lowest BCUT2D eigenvalue weighted by Gasteiger charge is -2.22. The zero-order valence-corrected chi connectivity index (χ0v) is 14.3. The summed E-state index contributed by atoms with van der Waals surface area (Å²) >= 11 is 0. The van der Waals surface area contributed by atoms with Crippen LogP contribution in [0, 0.1) is 5.92 Å². The summed E-state index contributed by atoms with van der Waals surface area (Å²) in [6.07, 6.45) is 5.67. The largest absolute Gasteiger partial charge is 0.311 e.